The first kappa shape index (κ1) is 11.8. The number of hydrogen-bond acceptors (Lipinski definition) is 1. The summed E-state index contributed by atoms with van der Waals surface area (Å²) in [5.74, 6) is 0. The van der Waals surface area contributed by atoms with E-state index in [4.69, 9.17) is 0 Å². The molecule has 19 heavy (non-hydrogen) atoms. The summed E-state index contributed by atoms with van der Waals surface area (Å²) in [6.07, 6.45) is -0.882. The van der Waals surface area contributed by atoms with Gasteiger partial charge in [0.25, 0.3) is 0 Å². The molecule has 1 N–H and O–H groups in total. The first-order valence-corrected chi connectivity index (χ1v) is 5.65. The zero-order chi connectivity index (χ0) is 13.5. The van der Waals surface area contributed by atoms with Crippen LogP contribution in [0.4, 0.5) is 13.2 Å². The van der Waals surface area contributed by atoms with Crippen molar-refractivity contribution in [2.75, 3.05) is 0 Å². The van der Waals surface area contributed by atoms with Gasteiger partial charge in [0.1, 0.15) is 0 Å². The second-order valence-corrected chi connectivity index (χ2v) is 4.21. The molecule has 1 aromatic carbocycles. The highest BCUT2D eigenvalue weighted by Crippen LogP contribution is 2.31. The van der Waals surface area contributed by atoms with Gasteiger partial charge in [-0.3, -0.25) is 4.98 Å². The number of rotatable bonds is 1. The molecule has 0 aliphatic carbocycles. The Morgan fingerprint density at radius 1 is 0.947 bits per heavy atom. The lowest BCUT2D eigenvalue weighted by Gasteiger charge is -2.07. The Morgan fingerprint density at radius 3 is 2.37 bits per heavy atom. The van der Waals surface area contributed by atoms with Gasteiger partial charge in [-0.15, -0.1) is 0 Å². The van der Waals surface area contributed by atoms with Gasteiger partial charge < -0.3 is 4.98 Å². The van der Waals surface area contributed by atoms with Gasteiger partial charge in [0.2, 0.25) is 0 Å². The molecule has 0 unspecified atom stereocenters. The standard InChI is InChI=1S/C14H9F3N2/c15-14(16,17)11-3-1-9(2-4-11)10-7-13-12(19-8-10)5-6-18-13/h1-8,18H. The maximum atomic E-state index is 12.5. The van der Waals surface area contributed by atoms with Gasteiger partial charge in [0.05, 0.1) is 16.6 Å². The number of alkyl halides is 3. The monoisotopic (exact) mass is 262 g/mol. The Hall–Kier alpha value is -2.30. The van der Waals surface area contributed by atoms with Crippen LogP contribution in [-0.2, 0) is 6.18 Å². The Bertz CT molecular complexity index is 711. The summed E-state index contributed by atoms with van der Waals surface area (Å²) in [6.45, 7) is 0. The van der Waals surface area contributed by atoms with Crippen LogP contribution in [0.1, 0.15) is 5.56 Å². The van der Waals surface area contributed by atoms with Crippen LogP contribution in [0.3, 0.4) is 0 Å². The van der Waals surface area contributed by atoms with E-state index < -0.39 is 11.7 Å². The molecular formula is C14H9F3N2. The van der Waals surface area contributed by atoms with Crippen LogP contribution in [0, 0.1) is 0 Å². The lowest BCUT2D eigenvalue weighted by molar-refractivity contribution is -0.137. The molecule has 0 amide bonds. The van der Waals surface area contributed by atoms with Gasteiger partial charge in [0, 0.05) is 18.0 Å². The fraction of sp³-hybridized carbons (Fsp3) is 0.0714. The van der Waals surface area contributed by atoms with Crippen LogP contribution in [-0.4, -0.2) is 9.97 Å². The number of aromatic amines is 1. The van der Waals surface area contributed by atoms with Crippen molar-refractivity contribution in [2.45, 2.75) is 6.18 Å². The van der Waals surface area contributed by atoms with Crippen LogP contribution in [0.25, 0.3) is 22.2 Å². The zero-order valence-electron chi connectivity index (χ0n) is 9.70. The number of benzene rings is 1. The fourth-order valence-corrected chi connectivity index (χ4v) is 1.94. The number of fused-ring (bicyclic) bond motifs is 1. The van der Waals surface area contributed by atoms with Crippen molar-refractivity contribution in [1.29, 1.82) is 0 Å². The molecule has 2 aromatic heterocycles. The third-order valence-electron chi connectivity index (χ3n) is 2.94. The maximum Gasteiger partial charge on any atom is 0.416 e. The number of nitrogens with one attached hydrogen (secondary N) is 1. The highest BCUT2D eigenvalue weighted by Gasteiger charge is 2.29. The molecule has 5 heteroatoms. The van der Waals surface area contributed by atoms with Crippen molar-refractivity contribution in [2.24, 2.45) is 0 Å². The summed E-state index contributed by atoms with van der Waals surface area (Å²) < 4.78 is 37.4. The number of halogens is 3. The van der Waals surface area contributed by atoms with E-state index in [0.29, 0.717) is 5.56 Å². The largest absolute Gasteiger partial charge is 0.416 e. The third-order valence-corrected chi connectivity index (χ3v) is 2.94. The predicted octanol–water partition coefficient (Wildman–Crippen LogP) is 4.25. The summed E-state index contributed by atoms with van der Waals surface area (Å²) in [4.78, 5) is 7.26. The molecule has 3 aromatic rings. The van der Waals surface area contributed by atoms with Crippen molar-refractivity contribution < 1.29 is 13.2 Å². The summed E-state index contributed by atoms with van der Waals surface area (Å²) in [5.41, 5.74) is 2.53. The normalized spacial score (nSPS) is 11.9. The van der Waals surface area contributed by atoms with Crippen molar-refractivity contribution in [1.82, 2.24) is 9.97 Å². The molecule has 0 aliphatic heterocycles. The Morgan fingerprint density at radius 2 is 1.68 bits per heavy atom. The van der Waals surface area contributed by atoms with Crippen molar-refractivity contribution in [3.8, 4) is 11.1 Å². The number of pyridine rings is 1. The number of aromatic nitrogens is 2. The molecule has 0 fully saturated rings. The van der Waals surface area contributed by atoms with Gasteiger partial charge in [-0.05, 0) is 29.8 Å². The molecule has 2 nitrogen and oxygen atoms in total. The lowest BCUT2D eigenvalue weighted by atomic mass is 10.1. The lowest BCUT2D eigenvalue weighted by Crippen LogP contribution is -2.03. The van der Waals surface area contributed by atoms with Gasteiger partial charge in [0.15, 0.2) is 0 Å². The molecule has 3 rings (SSSR count). The highest BCUT2D eigenvalue weighted by atomic mass is 19.4. The van der Waals surface area contributed by atoms with Gasteiger partial charge in [-0.2, -0.15) is 13.2 Å². The average Bonchev–Trinajstić information content (AvgIpc) is 2.85. The fourth-order valence-electron chi connectivity index (χ4n) is 1.94. The average molecular weight is 262 g/mol. The summed E-state index contributed by atoms with van der Waals surface area (Å²) in [6, 6.07) is 8.77. The molecule has 0 aliphatic rings. The van der Waals surface area contributed by atoms with E-state index in [0.717, 1.165) is 28.7 Å². The molecule has 2 heterocycles. The Kier molecular flexibility index (Phi) is 2.55. The Balaban J connectivity index is 2.01. The SMILES string of the molecule is FC(F)(F)c1ccc(-c2cnc3cc[nH]c3c2)cc1. The molecule has 0 spiro atoms. The van der Waals surface area contributed by atoms with E-state index in [9.17, 15) is 13.2 Å². The second-order valence-electron chi connectivity index (χ2n) is 4.21. The van der Waals surface area contributed by atoms with E-state index in [1.54, 1.807) is 12.4 Å². The summed E-state index contributed by atoms with van der Waals surface area (Å²) in [5, 5.41) is 0. The number of hydrogen-bond donors (Lipinski definition) is 1. The first-order valence-electron chi connectivity index (χ1n) is 5.65. The zero-order valence-corrected chi connectivity index (χ0v) is 9.70. The van der Waals surface area contributed by atoms with Crippen LogP contribution >= 0.6 is 0 Å². The van der Waals surface area contributed by atoms with Crippen molar-refractivity contribution >= 4 is 11.0 Å². The van der Waals surface area contributed by atoms with Gasteiger partial charge >= 0.3 is 6.18 Å². The van der Waals surface area contributed by atoms with Crippen molar-refractivity contribution in [3.05, 3.63) is 54.4 Å². The number of H-pyrrole nitrogens is 1. The van der Waals surface area contributed by atoms with Crippen LogP contribution < -0.4 is 0 Å². The molecule has 0 radical (unpaired) electrons. The van der Waals surface area contributed by atoms with E-state index in [1.165, 1.54) is 12.1 Å². The van der Waals surface area contributed by atoms with Crippen LogP contribution in [0.2, 0.25) is 0 Å². The predicted molar refractivity (Wildman–Crippen MR) is 66.5 cm³/mol. The van der Waals surface area contributed by atoms with Gasteiger partial charge in [-0.1, -0.05) is 12.1 Å². The summed E-state index contributed by atoms with van der Waals surface area (Å²) in [7, 11) is 0. The van der Waals surface area contributed by atoms with E-state index in [2.05, 4.69) is 9.97 Å². The first-order chi connectivity index (χ1) is 9.04. The Labute approximate surface area is 106 Å². The topological polar surface area (TPSA) is 28.7 Å². The molecule has 0 atom stereocenters. The minimum atomic E-state index is -4.31. The smallest absolute Gasteiger partial charge is 0.360 e. The summed E-state index contributed by atoms with van der Waals surface area (Å²) >= 11 is 0. The van der Waals surface area contributed by atoms with E-state index >= 15 is 0 Å². The quantitative estimate of drug-likeness (QED) is 0.697. The molecule has 0 saturated carbocycles. The molecular weight excluding hydrogens is 253 g/mol. The van der Waals surface area contributed by atoms with Crippen LogP contribution in [0.5, 0.6) is 0 Å². The molecule has 96 valence electrons. The highest BCUT2D eigenvalue weighted by molar-refractivity contribution is 5.80. The van der Waals surface area contributed by atoms with Gasteiger partial charge in [-0.25, -0.2) is 0 Å². The minimum Gasteiger partial charge on any atom is -0.360 e. The maximum absolute atomic E-state index is 12.5. The minimum absolute atomic E-state index is 0.648. The van der Waals surface area contributed by atoms with E-state index in [1.807, 2.05) is 12.1 Å². The second kappa shape index (κ2) is 4.12. The van der Waals surface area contributed by atoms with Crippen LogP contribution in [0.15, 0.2) is 48.8 Å². The molecule has 0 saturated heterocycles. The molecule has 0 bridgehead atoms. The van der Waals surface area contributed by atoms with E-state index in [-0.39, 0.29) is 0 Å². The number of nitrogens with zero attached hydrogens (tertiary/aromatic N) is 1. The third kappa shape index (κ3) is 2.19. The van der Waals surface area contributed by atoms with Crippen molar-refractivity contribution in [3.63, 3.8) is 0 Å².